The molecular formula is C31H61N5O11. The average molecular weight is 680 g/mol. The molecule has 0 aromatic rings. The van der Waals surface area contributed by atoms with E-state index < -0.39 is 36.2 Å². The lowest BCUT2D eigenvalue weighted by molar-refractivity contribution is -0.220. The van der Waals surface area contributed by atoms with Crippen LogP contribution in [0.1, 0.15) is 52.9 Å². The van der Waals surface area contributed by atoms with Gasteiger partial charge in [-0.1, -0.05) is 0 Å². The minimum atomic E-state index is -0.681. The maximum atomic E-state index is 12.6. The Morgan fingerprint density at radius 3 is 2.23 bits per heavy atom. The van der Waals surface area contributed by atoms with Crippen molar-refractivity contribution in [2.45, 2.75) is 83.0 Å². The first kappa shape index (κ1) is 42.7. The van der Waals surface area contributed by atoms with Gasteiger partial charge in [0.25, 0.3) is 0 Å². The Morgan fingerprint density at radius 1 is 0.936 bits per heavy atom. The SMILES string of the molecule is CNCCCCC(NC(=O)OC(C)(C)C)C(=O)NCCOCCOCCOCCOC/C(N)=C/NCCOC1CC(O)CC(CO)O1. The first-order valence-electron chi connectivity index (χ1n) is 16.5. The van der Waals surface area contributed by atoms with Crippen LogP contribution in [0.25, 0.3) is 0 Å². The molecule has 0 bridgehead atoms. The van der Waals surface area contributed by atoms with Gasteiger partial charge >= 0.3 is 6.09 Å². The van der Waals surface area contributed by atoms with Crippen LogP contribution in [0.3, 0.4) is 0 Å². The molecule has 1 aliphatic heterocycles. The Kier molecular flexibility index (Phi) is 24.2. The van der Waals surface area contributed by atoms with Gasteiger partial charge in [0.1, 0.15) is 11.6 Å². The van der Waals surface area contributed by atoms with Crippen LogP contribution in [0.15, 0.2) is 11.9 Å². The second-order valence-electron chi connectivity index (χ2n) is 12.0. The second kappa shape index (κ2) is 26.6. The van der Waals surface area contributed by atoms with Crippen LogP contribution in [0.4, 0.5) is 4.79 Å². The zero-order valence-corrected chi connectivity index (χ0v) is 28.8. The zero-order chi connectivity index (χ0) is 34.8. The highest BCUT2D eigenvalue weighted by Crippen LogP contribution is 2.20. The van der Waals surface area contributed by atoms with Crippen molar-refractivity contribution in [3.05, 3.63) is 11.9 Å². The molecular weight excluding hydrogens is 618 g/mol. The highest BCUT2D eigenvalue weighted by molar-refractivity contribution is 5.85. The number of amides is 2. The van der Waals surface area contributed by atoms with E-state index >= 15 is 0 Å². The fraction of sp³-hybridized carbons (Fsp3) is 0.871. The zero-order valence-electron chi connectivity index (χ0n) is 28.8. The third-order valence-corrected chi connectivity index (χ3v) is 6.49. The molecule has 0 aromatic heterocycles. The van der Waals surface area contributed by atoms with Crippen LogP contribution < -0.4 is 27.0 Å². The predicted molar refractivity (Wildman–Crippen MR) is 174 cm³/mol. The Labute approximate surface area is 279 Å². The number of aliphatic hydroxyl groups excluding tert-OH is 2. The van der Waals surface area contributed by atoms with Gasteiger partial charge in [-0.3, -0.25) is 4.79 Å². The summed E-state index contributed by atoms with van der Waals surface area (Å²) in [6.45, 7) is 10.1. The van der Waals surface area contributed by atoms with E-state index in [0.717, 1.165) is 19.4 Å². The highest BCUT2D eigenvalue weighted by atomic mass is 16.7. The van der Waals surface area contributed by atoms with E-state index in [1.807, 2.05) is 7.05 Å². The number of ether oxygens (including phenoxy) is 7. The Morgan fingerprint density at radius 2 is 1.60 bits per heavy atom. The minimum Gasteiger partial charge on any atom is -0.444 e. The minimum absolute atomic E-state index is 0.146. The number of unbranched alkanes of at least 4 members (excludes halogenated alkanes) is 1. The second-order valence-corrected chi connectivity index (χ2v) is 12.0. The molecule has 0 radical (unpaired) electrons. The van der Waals surface area contributed by atoms with Gasteiger partial charge in [-0.05, 0) is 53.6 Å². The third-order valence-electron chi connectivity index (χ3n) is 6.49. The number of rotatable bonds is 27. The van der Waals surface area contributed by atoms with Crippen LogP contribution in [0.5, 0.6) is 0 Å². The van der Waals surface area contributed by atoms with E-state index in [1.54, 1.807) is 27.0 Å². The molecule has 4 atom stereocenters. The lowest BCUT2D eigenvalue weighted by Gasteiger charge is -2.31. The van der Waals surface area contributed by atoms with E-state index in [2.05, 4.69) is 21.3 Å². The molecule has 0 saturated carbocycles. The van der Waals surface area contributed by atoms with Crippen molar-refractivity contribution in [2.75, 3.05) is 92.8 Å². The Hall–Kier alpha value is -2.28. The largest absolute Gasteiger partial charge is 0.444 e. The van der Waals surface area contributed by atoms with Crippen molar-refractivity contribution in [1.29, 1.82) is 0 Å². The van der Waals surface area contributed by atoms with Crippen LogP contribution in [-0.4, -0.2) is 145 Å². The topological polar surface area (TPSA) is 213 Å². The van der Waals surface area contributed by atoms with Crippen molar-refractivity contribution in [2.24, 2.45) is 5.73 Å². The summed E-state index contributed by atoms with van der Waals surface area (Å²) in [6.07, 6.45) is 2.52. The van der Waals surface area contributed by atoms with Gasteiger partial charge in [-0.15, -0.1) is 0 Å². The molecule has 16 nitrogen and oxygen atoms in total. The molecule has 4 unspecified atom stereocenters. The van der Waals surface area contributed by atoms with Gasteiger partial charge < -0.3 is 70.4 Å². The lowest BCUT2D eigenvalue weighted by Crippen LogP contribution is -2.48. The number of alkyl carbamates (subject to hydrolysis) is 1. The first-order valence-corrected chi connectivity index (χ1v) is 16.5. The van der Waals surface area contributed by atoms with Crippen molar-refractivity contribution < 1.29 is 53.0 Å². The summed E-state index contributed by atoms with van der Waals surface area (Å²) in [5.41, 5.74) is 5.79. The smallest absolute Gasteiger partial charge is 0.408 e. The Balaban J connectivity index is 1.99. The van der Waals surface area contributed by atoms with E-state index in [-0.39, 0.29) is 19.1 Å². The number of aliphatic hydroxyl groups is 2. The van der Waals surface area contributed by atoms with Gasteiger partial charge in [0.2, 0.25) is 5.91 Å². The molecule has 0 aliphatic carbocycles. The van der Waals surface area contributed by atoms with Crippen LogP contribution in [-0.2, 0) is 38.0 Å². The van der Waals surface area contributed by atoms with E-state index in [9.17, 15) is 19.8 Å². The molecule has 1 aliphatic rings. The van der Waals surface area contributed by atoms with Crippen LogP contribution in [0, 0.1) is 0 Å². The fourth-order valence-corrected chi connectivity index (χ4v) is 4.25. The molecule has 16 heteroatoms. The van der Waals surface area contributed by atoms with Gasteiger partial charge in [-0.25, -0.2) is 4.79 Å². The summed E-state index contributed by atoms with van der Waals surface area (Å²) in [6, 6.07) is -0.681. The monoisotopic (exact) mass is 679 g/mol. The lowest BCUT2D eigenvalue weighted by atomic mass is 10.1. The number of hydrogen-bond acceptors (Lipinski definition) is 14. The van der Waals surface area contributed by atoms with Crippen LogP contribution in [0.2, 0.25) is 0 Å². The average Bonchev–Trinajstić information content (AvgIpc) is 3.01. The molecule has 2 amide bonds. The molecule has 8 N–H and O–H groups in total. The predicted octanol–water partition coefficient (Wildman–Crippen LogP) is -0.283. The van der Waals surface area contributed by atoms with Crippen LogP contribution >= 0.6 is 0 Å². The summed E-state index contributed by atoms with van der Waals surface area (Å²) < 4.78 is 38.4. The fourth-order valence-electron chi connectivity index (χ4n) is 4.25. The Bertz CT molecular complexity index is 847. The standard InChI is InChI=1S/C31H61N5O11/c1-31(2,3)47-30(40)36-27(7-5-6-8-33-4)29(39)35-10-11-41-13-14-42-15-16-43-17-18-44-23-24(32)21-34-9-12-45-28-20-25(38)19-26(22-37)46-28/h21,25-28,33-34,37-38H,5-20,22-23,32H2,1-4H3,(H,35,39)(H,36,40)/b24-21-. The first-order chi connectivity index (χ1) is 22.5. The van der Waals surface area contributed by atoms with Gasteiger partial charge in [0, 0.05) is 32.1 Å². The number of carbonyl (C=O) groups excluding carboxylic acids is 2. The van der Waals surface area contributed by atoms with E-state index in [4.69, 9.17) is 38.9 Å². The maximum absolute atomic E-state index is 12.6. The molecule has 1 saturated heterocycles. The molecule has 0 spiro atoms. The molecule has 1 heterocycles. The highest BCUT2D eigenvalue weighted by Gasteiger charge is 2.28. The number of hydrogen-bond donors (Lipinski definition) is 7. The number of nitrogens with one attached hydrogen (secondary N) is 4. The number of nitrogens with two attached hydrogens (primary N) is 1. The summed E-state index contributed by atoms with van der Waals surface area (Å²) >= 11 is 0. The third kappa shape index (κ3) is 24.5. The molecule has 276 valence electrons. The van der Waals surface area contributed by atoms with Gasteiger partial charge in [0.05, 0.1) is 84.0 Å². The maximum Gasteiger partial charge on any atom is 0.408 e. The summed E-state index contributed by atoms with van der Waals surface area (Å²) in [7, 11) is 1.87. The summed E-state index contributed by atoms with van der Waals surface area (Å²) in [5.74, 6) is -0.274. The van der Waals surface area contributed by atoms with Gasteiger partial charge in [0.15, 0.2) is 6.29 Å². The number of carbonyl (C=O) groups is 2. The van der Waals surface area contributed by atoms with Crippen molar-refractivity contribution >= 4 is 12.0 Å². The normalized spacial score (nSPS) is 19.3. The summed E-state index contributed by atoms with van der Waals surface area (Å²) in [5, 5.41) is 30.6. The molecule has 0 aromatic carbocycles. The summed E-state index contributed by atoms with van der Waals surface area (Å²) in [4.78, 5) is 24.8. The molecule has 47 heavy (non-hydrogen) atoms. The van der Waals surface area contributed by atoms with Crippen molar-refractivity contribution in [3.63, 3.8) is 0 Å². The van der Waals surface area contributed by atoms with Crippen molar-refractivity contribution in [1.82, 2.24) is 21.3 Å². The van der Waals surface area contributed by atoms with Crippen molar-refractivity contribution in [3.8, 4) is 0 Å². The van der Waals surface area contributed by atoms with E-state index in [1.165, 1.54) is 0 Å². The quantitative estimate of drug-likeness (QED) is 0.0557. The van der Waals surface area contributed by atoms with E-state index in [0.29, 0.717) is 90.9 Å². The van der Waals surface area contributed by atoms with Gasteiger partial charge in [-0.2, -0.15) is 0 Å². The molecule has 1 fully saturated rings. The molecule has 1 rings (SSSR count).